The summed E-state index contributed by atoms with van der Waals surface area (Å²) in [5.41, 5.74) is 1.42. The summed E-state index contributed by atoms with van der Waals surface area (Å²) in [6, 6.07) is 12.2. The summed E-state index contributed by atoms with van der Waals surface area (Å²) >= 11 is 0. The molecule has 2 N–H and O–H groups in total. The van der Waals surface area contributed by atoms with Crippen molar-refractivity contribution in [2.75, 3.05) is 34.0 Å². The van der Waals surface area contributed by atoms with Crippen molar-refractivity contribution in [2.24, 2.45) is 0 Å². The predicted octanol–water partition coefficient (Wildman–Crippen LogP) is 2.22. The molecule has 0 aliphatic carbocycles. The van der Waals surface area contributed by atoms with Crippen LogP contribution in [0, 0.1) is 0 Å². The van der Waals surface area contributed by atoms with Crippen LogP contribution in [0.4, 0.5) is 0 Å². The Morgan fingerprint density at radius 3 is 2.30 bits per heavy atom. The van der Waals surface area contributed by atoms with E-state index in [1.165, 1.54) is 7.11 Å². The van der Waals surface area contributed by atoms with Crippen LogP contribution in [0.3, 0.4) is 0 Å². The molecule has 1 aliphatic rings. The molecule has 7 nitrogen and oxygen atoms in total. The largest absolute Gasteiger partial charge is 0.497 e. The van der Waals surface area contributed by atoms with E-state index in [0.717, 1.165) is 5.56 Å². The molecule has 0 unspecified atom stereocenters. The van der Waals surface area contributed by atoms with Crippen molar-refractivity contribution in [2.45, 2.75) is 18.5 Å². The molecule has 0 spiro atoms. The van der Waals surface area contributed by atoms with Gasteiger partial charge in [-0.1, -0.05) is 18.2 Å². The molecule has 1 fully saturated rings. The van der Waals surface area contributed by atoms with Crippen molar-refractivity contribution in [3.8, 4) is 17.2 Å². The molecule has 0 amide bonds. The zero-order chi connectivity index (χ0) is 19.2. The average molecular weight is 376 g/mol. The van der Waals surface area contributed by atoms with Crippen molar-refractivity contribution < 1.29 is 33.9 Å². The van der Waals surface area contributed by atoms with Gasteiger partial charge in [-0.25, -0.2) is 0 Å². The Hall–Kier alpha value is -2.32. The number of methoxy groups -OCH3 is 2. The molecule has 3 rings (SSSR count). The lowest BCUT2D eigenvalue weighted by atomic mass is 10.0. The topological polar surface area (TPSA) is 86.6 Å². The van der Waals surface area contributed by atoms with Gasteiger partial charge in [0, 0.05) is 5.56 Å². The first kappa shape index (κ1) is 19.4. The third-order valence-corrected chi connectivity index (χ3v) is 4.35. The Bertz CT molecular complexity index is 726. The zero-order valence-corrected chi connectivity index (χ0v) is 15.3. The first-order chi connectivity index (χ1) is 13.2. The predicted molar refractivity (Wildman–Crippen MR) is 97.1 cm³/mol. The van der Waals surface area contributed by atoms with Crippen LogP contribution in [-0.4, -0.2) is 50.4 Å². The second kappa shape index (κ2) is 9.05. The highest BCUT2D eigenvalue weighted by Gasteiger charge is 2.25. The van der Waals surface area contributed by atoms with Crippen molar-refractivity contribution in [1.82, 2.24) is 0 Å². The van der Waals surface area contributed by atoms with Gasteiger partial charge in [0.05, 0.1) is 34.0 Å². The second-order valence-corrected chi connectivity index (χ2v) is 6.04. The highest BCUT2D eigenvalue weighted by molar-refractivity contribution is 5.43. The van der Waals surface area contributed by atoms with Gasteiger partial charge in [-0.2, -0.15) is 0 Å². The van der Waals surface area contributed by atoms with Gasteiger partial charge in [-0.05, 0) is 29.8 Å². The fourth-order valence-electron chi connectivity index (χ4n) is 2.86. The Kier molecular flexibility index (Phi) is 6.52. The fraction of sp³-hybridized carbons (Fsp3) is 0.400. The van der Waals surface area contributed by atoms with Gasteiger partial charge in [0.25, 0.3) is 0 Å². The third-order valence-electron chi connectivity index (χ3n) is 4.35. The first-order valence-corrected chi connectivity index (χ1v) is 8.67. The van der Waals surface area contributed by atoms with Crippen molar-refractivity contribution in [3.63, 3.8) is 0 Å². The highest BCUT2D eigenvalue weighted by Crippen LogP contribution is 2.35. The molecule has 7 heteroatoms. The first-order valence-electron chi connectivity index (χ1n) is 8.67. The van der Waals surface area contributed by atoms with Gasteiger partial charge in [0.1, 0.15) is 11.9 Å². The lowest BCUT2D eigenvalue weighted by Gasteiger charge is -2.24. The summed E-state index contributed by atoms with van der Waals surface area (Å²) in [4.78, 5) is 0. The van der Waals surface area contributed by atoms with Crippen LogP contribution in [0.1, 0.15) is 23.5 Å². The quantitative estimate of drug-likeness (QED) is 0.730. The second-order valence-electron chi connectivity index (χ2n) is 6.04. The number of benzene rings is 2. The van der Waals surface area contributed by atoms with Crippen LogP contribution in [0.2, 0.25) is 0 Å². The SMILES string of the molecule is COc1ccc([C@H](O)[C@@H](CO)Oc2ccc(C3OCCO3)cc2OC)cc1. The Morgan fingerprint density at radius 1 is 1.00 bits per heavy atom. The van der Waals surface area contributed by atoms with E-state index >= 15 is 0 Å². The number of ether oxygens (including phenoxy) is 5. The van der Waals surface area contributed by atoms with Crippen LogP contribution in [-0.2, 0) is 9.47 Å². The van der Waals surface area contributed by atoms with E-state index in [1.807, 2.05) is 6.07 Å². The Balaban J connectivity index is 1.76. The minimum absolute atomic E-state index is 0.368. The summed E-state index contributed by atoms with van der Waals surface area (Å²) < 4.78 is 27.3. The van der Waals surface area contributed by atoms with Crippen LogP contribution in [0.25, 0.3) is 0 Å². The third kappa shape index (κ3) is 4.51. The van der Waals surface area contributed by atoms with Gasteiger partial charge in [0.15, 0.2) is 23.9 Å². The van der Waals surface area contributed by atoms with Crippen LogP contribution in [0.5, 0.6) is 17.2 Å². The number of hydrogen-bond acceptors (Lipinski definition) is 7. The molecule has 0 radical (unpaired) electrons. The Labute approximate surface area is 158 Å². The summed E-state index contributed by atoms with van der Waals surface area (Å²) in [6.45, 7) is 0.727. The number of aliphatic hydroxyl groups is 2. The fourth-order valence-corrected chi connectivity index (χ4v) is 2.86. The molecule has 1 saturated heterocycles. The van der Waals surface area contributed by atoms with E-state index in [2.05, 4.69) is 0 Å². The van der Waals surface area contributed by atoms with Crippen molar-refractivity contribution in [3.05, 3.63) is 53.6 Å². The molecule has 2 atom stereocenters. The van der Waals surface area contributed by atoms with E-state index in [0.29, 0.717) is 36.0 Å². The van der Waals surface area contributed by atoms with Gasteiger partial charge in [-0.15, -0.1) is 0 Å². The molecule has 0 bridgehead atoms. The number of aliphatic hydroxyl groups excluding tert-OH is 2. The van der Waals surface area contributed by atoms with Crippen LogP contribution in [0.15, 0.2) is 42.5 Å². The number of hydrogen-bond donors (Lipinski definition) is 2. The van der Waals surface area contributed by atoms with Crippen LogP contribution < -0.4 is 14.2 Å². The lowest BCUT2D eigenvalue weighted by Crippen LogP contribution is -2.29. The molecule has 1 heterocycles. The summed E-state index contributed by atoms with van der Waals surface area (Å²) in [5.74, 6) is 1.55. The maximum Gasteiger partial charge on any atom is 0.184 e. The van der Waals surface area contributed by atoms with E-state index in [9.17, 15) is 10.2 Å². The average Bonchev–Trinajstić information content (AvgIpc) is 3.26. The van der Waals surface area contributed by atoms with E-state index < -0.39 is 18.5 Å². The minimum atomic E-state index is -1.02. The maximum atomic E-state index is 10.6. The van der Waals surface area contributed by atoms with Crippen molar-refractivity contribution in [1.29, 1.82) is 0 Å². The molecule has 2 aromatic carbocycles. The molecule has 0 aromatic heterocycles. The zero-order valence-electron chi connectivity index (χ0n) is 15.3. The summed E-state index contributed by atoms with van der Waals surface area (Å²) in [5, 5.41) is 20.3. The van der Waals surface area contributed by atoms with Crippen LogP contribution >= 0.6 is 0 Å². The van der Waals surface area contributed by atoms with Gasteiger partial charge >= 0.3 is 0 Å². The van der Waals surface area contributed by atoms with E-state index in [-0.39, 0.29) is 6.61 Å². The molecule has 2 aromatic rings. The molecular weight excluding hydrogens is 352 g/mol. The lowest BCUT2D eigenvalue weighted by molar-refractivity contribution is -0.0443. The minimum Gasteiger partial charge on any atom is -0.497 e. The number of rotatable bonds is 8. The summed E-state index contributed by atoms with van der Waals surface area (Å²) in [7, 11) is 3.10. The van der Waals surface area contributed by atoms with Crippen molar-refractivity contribution >= 4 is 0 Å². The van der Waals surface area contributed by atoms with E-state index in [1.54, 1.807) is 43.5 Å². The summed E-state index contributed by atoms with van der Waals surface area (Å²) in [6.07, 6.45) is -2.31. The molecule has 1 aliphatic heterocycles. The Morgan fingerprint density at radius 2 is 1.70 bits per heavy atom. The van der Waals surface area contributed by atoms with Gasteiger partial charge in [0.2, 0.25) is 0 Å². The molecule has 146 valence electrons. The standard InChI is InChI=1S/C20H24O7/c1-23-15-6-3-13(4-7-15)19(22)18(12-21)27-16-8-5-14(11-17(16)24-2)20-25-9-10-26-20/h3-8,11,18-22H,9-10,12H2,1-2H3/t18-,19+/m1/s1. The highest BCUT2D eigenvalue weighted by atomic mass is 16.7. The molecule has 0 saturated carbocycles. The molecule has 27 heavy (non-hydrogen) atoms. The van der Waals surface area contributed by atoms with E-state index in [4.69, 9.17) is 23.7 Å². The smallest absolute Gasteiger partial charge is 0.184 e. The van der Waals surface area contributed by atoms with Gasteiger partial charge < -0.3 is 33.9 Å². The van der Waals surface area contributed by atoms with Gasteiger partial charge in [-0.3, -0.25) is 0 Å². The normalized spacial score (nSPS) is 16.7. The monoisotopic (exact) mass is 376 g/mol. The molecular formula is C20H24O7. The maximum absolute atomic E-state index is 10.6.